The van der Waals surface area contributed by atoms with Crippen molar-refractivity contribution in [2.45, 2.75) is 50.8 Å². The standard InChI is InChI=1S/C40H39N5O4/c1-28(11-9-10-24-43-26-35(41-42-43)33(27-46)30-12-3-2-4-13-30)40(49)34-15-6-8-17-37(34)44(39(40)48)25-29-18-21-32(22-19-29)45-36-16-7-5-14-31(36)20-23-38(45)47/h2-9,11-19,21-22,26,28,33,46,49H,10,20,23-25,27H2,1H3/b11-9+/t28-,33?,40+/m1/s1. The molecule has 0 bridgehead atoms. The zero-order valence-corrected chi connectivity index (χ0v) is 27.4. The Kier molecular flexibility index (Phi) is 8.95. The lowest BCUT2D eigenvalue weighted by Gasteiger charge is -2.30. The number of aliphatic hydroxyl groups is 2. The number of para-hydroxylation sites is 2. The molecule has 0 radical (unpaired) electrons. The van der Waals surface area contributed by atoms with Crippen molar-refractivity contribution in [2.24, 2.45) is 5.92 Å². The first-order valence-corrected chi connectivity index (χ1v) is 16.7. The summed E-state index contributed by atoms with van der Waals surface area (Å²) in [6, 6.07) is 32.8. The van der Waals surface area contributed by atoms with Crippen LogP contribution in [0.1, 0.15) is 53.6 Å². The van der Waals surface area contributed by atoms with E-state index in [1.165, 1.54) is 0 Å². The molecule has 5 aromatic rings. The molecule has 3 atom stereocenters. The highest BCUT2D eigenvalue weighted by molar-refractivity contribution is 6.07. The molecule has 2 N–H and O–H groups in total. The molecule has 49 heavy (non-hydrogen) atoms. The molecule has 1 aromatic heterocycles. The van der Waals surface area contributed by atoms with Gasteiger partial charge in [0.05, 0.1) is 36.1 Å². The summed E-state index contributed by atoms with van der Waals surface area (Å²) in [6.45, 7) is 2.64. The summed E-state index contributed by atoms with van der Waals surface area (Å²) < 4.78 is 1.74. The average molecular weight is 654 g/mol. The van der Waals surface area contributed by atoms with Crippen LogP contribution in [0.2, 0.25) is 0 Å². The summed E-state index contributed by atoms with van der Waals surface area (Å²) in [5.41, 5.74) is 4.97. The second-order valence-electron chi connectivity index (χ2n) is 12.8. The van der Waals surface area contributed by atoms with Gasteiger partial charge in [-0.3, -0.25) is 19.2 Å². The highest BCUT2D eigenvalue weighted by atomic mass is 16.3. The van der Waals surface area contributed by atoms with Crippen LogP contribution in [0, 0.1) is 5.92 Å². The highest BCUT2D eigenvalue weighted by Crippen LogP contribution is 2.46. The van der Waals surface area contributed by atoms with E-state index in [9.17, 15) is 19.8 Å². The third-order valence-corrected chi connectivity index (χ3v) is 9.71. The Bertz CT molecular complexity index is 1990. The first-order chi connectivity index (χ1) is 23.9. The molecule has 2 amide bonds. The molecule has 0 spiro atoms. The number of benzene rings is 4. The van der Waals surface area contributed by atoms with Gasteiger partial charge in [-0.25, -0.2) is 0 Å². The van der Waals surface area contributed by atoms with Crippen LogP contribution in [-0.2, 0) is 34.7 Å². The van der Waals surface area contributed by atoms with E-state index in [2.05, 4.69) is 16.4 Å². The van der Waals surface area contributed by atoms with Crippen molar-refractivity contribution < 1.29 is 19.8 Å². The number of carbonyl (C=O) groups excluding carboxylic acids is 2. The van der Waals surface area contributed by atoms with Gasteiger partial charge < -0.3 is 15.1 Å². The number of aryl methyl sites for hydroxylation is 2. The first-order valence-electron chi connectivity index (χ1n) is 16.7. The molecule has 0 saturated carbocycles. The van der Waals surface area contributed by atoms with Crippen LogP contribution < -0.4 is 9.80 Å². The van der Waals surface area contributed by atoms with Gasteiger partial charge in [0, 0.05) is 36.3 Å². The smallest absolute Gasteiger partial charge is 0.264 e. The van der Waals surface area contributed by atoms with Gasteiger partial charge in [0.25, 0.3) is 5.91 Å². The van der Waals surface area contributed by atoms with E-state index in [0.717, 1.165) is 34.5 Å². The van der Waals surface area contributed by atoms with E-state index < -0.39 is 11.5 Å². The van der Waals surface area contributed by atoms with E-state index >= 15 is 0 Å². The molecule has 248 valence electrons. The lowest BCUT2D eigenvalue weighted by molar-refractivity contribution is -0.139. The van der Waals surface area contributed by atoms with Gasteiger partial charge >= 0.3 is 0 Å². The van der Waals surface area contributed by atoms with Gasteiger partial charge in [0.1, 0.15) is 0 Å². The Morgan fingerprint density at radius 2 is 1.59 bits per heavy atom. The van der Waals surface area contributed by atoms with Gasteiger partial charge in [-0.15, -0.1) is 5.10 Å². The van der Waals surface area contributed by atoms with Crippen molar-refractivity contribution in [1.29, 1.82) is 0 Å². The molecule has 9 heteroatoms. The fraction of sp³-hybridized carbons (Fsp3) is 0.250. The first kappa shape index (κ1) is 32.2. The number of carbonyl (C=O) groups is 2. The van der Waals surface area contributed by atoms with E-state index in [1.807, 2.05) is 122 Å². The van der Waals surface area contributed by atoms with Crippen molar-refractivity contribution in [3.05, 3.63) is 149 Å². The Balaban J connectivity index is 1.03. The second kappa shape index (κ2) is 13.6. The number of amides is 2. The largest absolute Gasteiger partial charge is 0.395 e. The number of aliphatic hydroxyl groups excluding tert-OH is 1. The number of aromatic nitrogens is 3. The molecular formula is C40H39N5O4. The van der Waals surface area contributed by atoms with Gasteiger partial charge in [0.2, 0.25) is 5.91 Å². The maximum Gasteiger partial charge on any atom is 0.264 e. The summed E-state index contributed by atoms with van der Waals surface area (Å²) in [4.78, 5) is 30.4. The SMILES string of the molecule is C[C@H](/C=C/CCn1cc(C(CO)c2ccccc2)nn1)[C@@]1(O)C(=O)N(Cc2ccc(N3C(=O)CCc4ccccc43)cc2)c2ccccc21. The molecule has 9 nitrogen and oxygen atoms in total. The van der Waals surface area contributed by atoms with Crippen LogP contribution in [0.4, 0.5) is 17.1 Å². The third-order valence-electron chi connectivity index (χ3n) is 9.71. The number of allylic oxidation sites excluding steroid dienone is 1. The van der Waals surface area contributed by atoms with Crippen LogP contribution >= 0.6 is 0 Å². The molecule has 2 aliphatic rings. The number of hydrogen-bond acceptors (Lipinski definition) is 6. The predicted molar refractivity (Wildman–Crippen MR) is 188 cm³/mol. The van der Waals surface area contributed by atoms with Crippen LogP contribution in [0.15, 0.2) is 121 Å². The highest BCUT2D eigenvalue weighted by Gasteiger charge is 2.52. The summed E-state index contributed by atoms with van der Waals surface area (Å²) in [5.74, 6) is -1.05. The number of nitrogens with zero attached hydrogens (tertiary/aromatic N) is 5. The molecule has 3 heterocycles. The van der Waals surface area contributed by atoms with Gasteiger partial charge in [-0.05, 0) is 53.8 Å². The van der Waals surface area contributed by atoms with E-state index in [-0.39, 0.29) is 30.9 Å². The molecule has 4 aromatic carbocycles. The van der Waals surface area contributed by atoms with E-state index in [4.69, 9.17) is 0 Å². The molecule has 0 saturated heterocycles. The van der Waals surface area contributed by atoms with E-state index in [1.54, 1.807) is 14.5 Å². The minimum atomic E-state index is -1.72. The lowest BCUT2D eigenvalue weighted by atomic mass is 9.83. The molecular weight excluding hydrogens is 614 g/mol. The lowest BCUT2D eigenvalue weighted by Crippen LogP contribution is -2.44. The number of fused-ring (bicyclic) bond motifs is 2. The summed E-state index contributed by atoms with van der Waals surface area (Å²) in [7, 11) is 0. The van der Waals surface area contributed by atoms with E-state index in [0.29, 0.717) is 36.3 Å². The minimum Gasteiger partial charge on any atom is -0.395 e. The van der Waals surface area contributed by atoms with Crippen molar-refractivity contribution >= 4 is 28.9 Å². The second-order valence-corrected chi connectivity index (χ2v) is 12.8. The fourth-order valence-electron chi connectivity index (χ4n) is 6.99. The summed E-state index contributed by atoms with van der Waals surface area (Å²) >= 11 is 0. The summed E-state index contributed by atoms with van der Waals surface area (Å²) in [6.07, 6.45) is 7.52. The minimum absolute atomic E-state index is 0.0617. The monoisotopic (exact) mass is 653 g/mol. The Labute approximate surface area is 285 Å². The van der Waals surface area contributed by atoms with Gasteiger partial charge in [-0.2, -0.15) is 0 Å². The molecule has 2 aliphatic heterocycles. The predicted octanol–water partition coefficient (Wildman–Crippen LogP) is 6.03. The van der Waals surface area contributed by atoms with Crippen LogP contribution in [0.3, 0.4) is 0 Å². The number of rotatable bonds is 11. The Morgan fingerprint density at radius 3 is 2.37 bits per heavy atom. The molecule has 0 fully saturated rings. The third kappa shape index (κ3) is 6.07. The van der Waals surface area contributed by atoms with Crippen LogP contribution in [0.25, 0.3) is 0 Å². The normalized spacial score (nSPS) is 18.5. The zero-order valence-electron chi connectivity index (χ0n) is 27.4. The van der Waals surface area contributed by atoms with Crippen molar-refractivity contribution in [1.82, 2.24) is 15.0 Å². The van der Waals surface area contributed by atoms with Crippen LogP contribution in [-0.4, -0.2) is 43.6 Å². The molecule has 1 unspecified atom stereocenters. The number of anilines is 3. The average Bonchev–Trinajstić information content (AvgIpc) is 3.69. The van der Waals surface area contributed by atoms with Crippen LogP contribution in [0.5, 0.6) is 0 Å². The number of hydrogen-bond donors (Lipinski definition) is 2. The Hall–Kier alpha value is -5.38. The van der Waals surface area contributed by atoms with Crippen molar-refractivity contribution in [2.75, 3.05) is 16.4 Å². The van der Waals surface area contributed by atoms with Crippen molar-refractivity contribution in [3.8, 4) is 0 Å². The Morgan fingerprint density at radius 1 is 0.878 bits per heavy atom. The van der Waals surface area contributed by atoms with Gasteiger partial charge in [-0.1, -0.05) is 103 Å². The topological polar surface area (TPSA) is 112 Å². The fourth-order valence-corrected chi connectivity index (χ4v) is 6.99. The maximum atomic E-state index is 14.0. The quantitative estimate of drug-likeness (QED) is 0.169. The zero-order chi connectivity index (χ0) is 34.0. The maximum absolute atomic E-state index is 14.0. The van der Waals surface area contributed by atoms with Gasteiger partial charge in [0.15, 0.2) is 5.60 Å². The molecule has 0 aliphatic carbocycles. The summed E-state index contributed by atoms with van der Waals surface area (Å²) in [5, 5.41) is 30.6. The van der Waals surface area contributed by atoms with Crippen molar-refractivity contribution in [3.63, 3.8) is 0 Å². The molecule has 7 rings (SSSR count).